The van der Waals surface area contributed by atoms with Gasteiger partial charge in [-0.05, 0) is 25.2 Å². The van der Waals surface area contributed by atoms with Crippen molar-refractivity contribution in [1.82, 2.24) is 4.90 Å². The van der Waals surface area contributed by atoms with Crippen molar-refractivity contribution in [3.63, 3.8) is 0 Å². The fourth-order valence-electron chi connectivity index (χ4n) is 2.19. The molecule has 0 aromatic heterocycles. The first-order valence-corrected chi connectivity index (χ1v) is 5.70. The highest BCUT2D eigenvalue weighted by atomic mass is 16.3. The lowest BCUT2D eigenvalue weighted by Gasteiger charge is -2.33. The number of aliphatic hydroxyl groups is 1. The van der Waals surface area contributed by atoms with E-state index in [0.29, 0.717) is 12.0 Å². The zero-order valence-electron chi connectivity index (χ0n) is 9.66. The highest BCUT2D eigenvalue weighted by Crippen LogP contribution is 2.27. The summed E-state index contributed by atoms with van der Waals surface area (Å²) in [5.41, 5.74) is 1.17. The Hall–Kier alpha value is -0.500. The first-order chi connectivity index (χ1) is 6.57. The fraction of sp³-hybridized carbons (Fsp3) is 0.833. The Morgan fingerprint density at radius 3 is 2.71 bits per heavy atom. The smallest absolute Gasteiger partial charge is 0.0766 e. The maximum Gasteiger partial charge on any atom is 0.0766 e. The van der Waals surface area contributed by atoms with Crippen LogP contribution >= 0.6 is 0 Å². The molecule has 0 aromatic rings. The standard InChI is InChI=1S/C12H23NO/c1-5-10(4)13-8-6-7-11(13)12(14)9(2)3/h9,11-12,14H,4-8H2,1-3H3/t11-,12+/m0/s1. The van der Waals surface area contributed by atoms with E-state index in [1.807, 2.05) is 0 Å². The third-order valence-electron chi connectivity index (χ3n) is 3.19. The van der Waals surface area contributed by atoms with Crippen LogP contribution in [-0.2, 0) is 0 Å². The summed E-state index contributed by atoms with van der Waals surface area (Å²) in [5, 5.41) is 10.1. The first-order valence-electron chi connectivity index (χ1n) is 5.70. The van der Waals surface area contributed by atoms with Crippen molar-refractivity contribution in [2.45, 2.75) is 52.2 Å². The zero-order valence-corrected chi connectivity index (χ0v) is 9.66. The van der Waals surface area contributed by atoms with Gasteiger partial charge in [0.15, 0.2) is 0 Å². The highest BCUT2D eigenvalue weighted by Gasteiger charge is 2.32. The SMILES string of the molecule is C=C(CC)N1CCC[C@H]1[C@H](O)C(C)C. The molecule has 2 atom stereocenters. The lowest BCUT2D eigenvalue weighted by atomic mass is 9.97. The van der Waals surface area contributed by atoms with Crippen LogP contribution in [0.5, 0.6) is 0 Å². The third kappa shape index (κ3) is 2.30. The topological polar surface area (TPSA) is 23.5 Å². The summed E-state index contributed by atoms with van der Waals surface area (Å²) in [6.45, 7) is 11.4. The Morgan fingerprint density at radius 2 is 2.21 bits per heavy atom. The van der Waals surface area contributed by atoms with Crippen molar-refractivity contribution >= 4 is 0 Å². The second kappa shape index (κ2) is 4.83. The normalized spacial score (nSPS) is 24.4. The molecule has 1 N–H and O–H groups in total. The van der Waals surface area contributed by atoms with Crippen molar-refractivity contribution < 1.29 is 5.11 Å². The third-order valence-corrected chi connectivity index (χ3v) is 3.19. The van der Waals surface area contributed by atoms with E-state index in [0.717, 1.165) is 19.4 Å². The van der Waals surface area contributed by atoms with E-state index in [-0.39, 0.29) is 6.10 Å². The van der Waals surface area contributed by atoms with Crippen LogP contribution in [0.25, 0.3) is 0 Å². The Balaban J connectivity index is 2.63. The van der Waals surface area contributed by atoms with Crippen LogP contribution in [0.2, 0.25) is 0 Å². The zero-order chi connectivity index (χ0) is 10.7. The molecule has 1 rings (SSSR count). The van der Waals surface area contributed by atoms with Crippen LogP contribution < -0.4 is 0 Å². The maximum atomic E-state index is 10.1. The molecule has 0 aliphatic carbocycles. The van der Waals surface area contributed by atoms with E-state index in [2.05, 4.69) is 32.3 Å². The van der Waals surface area contributed by atoms with Crippen LogP contribution in [0.4, 0.5) is 0 Å². The number of likely N-dealkylation sites (tertiary alicyclic amines) is 1. The summed E-state index contributed by atoms with van der Waals surface area (Å²) < 4.78 is 0. The Bertz CT molecular complexity index is 200. The fourth-order valence-corrected chi connectivity index (χ4v) is 2.19. The molecule has 0 spiro atoms. The van der Waals surface area contributed by atoms with Crippen molar-refractivity contribution in [3.8, 4) is 0 Å². The van der Waals surface area contributed by atoms with E-state index < -0.39 is 0 Å². The van der Waals surface area contributed by atoms with Gasteiger partial charge < -0.3 is 10.0 Å². The van der Waals surface area contributed by atoms with Crippen LogP contribution in [0.3, 0.4) is 0 Å². The highest BCUT2D eigenvalue weighted by molar-refractivity contribution is 5.01. The molecule has 1 aliphatic heterocycles. The molecule has 1 fully saturated rings. The van der Waals surface area contributed by atoms with Gasteiger partial charge in [-0.3, -0.25) is 0 Å². The van der Waals surface area contributed by atoms with E-state index in [4.69, 9.17) is 0 Å². The summed E-state index contributed by atoms with van der Waals surface area (Å²) in [5.74, 6) is 0.338. The Morgan fingerprint density at radius 1 is 1.57 bits per heavy atom. The quantitative estimate of drug-likeness (QED) is 0.748. The Labute approximate surface area is 87.6 Å². The monoisotopic (exact) mass is 197 g/mol. The Kier molecular flexibility index (Phi) is 3.99. The van der Waals surface area contributed by atoms with Gasteiger partial charge in [-0.15, -0.1) is 0 Å². The van der Waals surface area contributed by atoms with Crippen molar-refractivity contribution in [2.75, 3.05) is 6.54 Å². The molecule has 14 heavy (non-hydrogen) atoms. The van der Waals surface area contributed by atoms with Gasteiger partial charge in [-0.2, -0.15) is 0 Å². The molecule has 0 amide bonds. The lowest BCUT2D eigenvalue weighted by Crippen LogP contribution is -2.40. The minimum Gasteiger partial charge on any atom is -0.391 e. The molecule has 0 bridgehead atoms. The summed E-state index contributed by atoms with van der Waals surface area (Å²) in [6, 6.07) is 0.308. The van der Waals surface area contributed by atoms with Crippen LogP contribution in [0.1, 0.15) is 40.0 Å². The predicted octanol–water partition coefficient (Wildman–Crippen LogP) is 2.39. The maximum absolute atomic E-state index is 10.1. The molecule has 2 heteroatoms. The average Bonchev–Trinajstić information content (AvgIpc) is 2.63. The summed E-state index contributed by atoms with van der Waals surface area (Å²) in [4.78, 5) is 2.30. The molecular formula is C12H23NO. The lowest BCUT2D eigenvalue weighted by molar-refractivity contribution is 0.0510. The minimum absolute atomic E-state index is 0.208. The molecule has 1 aliphatic rings. The number of nitrogens with zero attached hydrogens (tertiary/aromatic N) is 1. The number of allylic oxidation sites excluding steroid dienone is 1. The van der Waals surface area contributed by atoms with Gasteiger partial charge in [0, 0.05) is 12.2 Å². The van der Waals surface area contributed by atoms with Crippen LogP contribution in [0.15, 0.2) is 12.3 Å². The van der Waals surface area contributed by atoms with E-state index in [9.17, 15) is 5.11 Å². The summed E-state index contributed by atoms with van der Waals surface area (Å²) in [7, 11) is 0. The van der Waals surface area contributed by atoms with Crippen LogP contribution in [0, 0.1) is 5.92 Å². The predicted molar refractivity (Wildman–Crippen MR) is 60.0 cm³/mol. The molecule has 2 nitrogen and oxygen atoms in total. The second-order valence-corrected chi connectivity index (χ2v) is 4.56. The first kappa shape index (κ1) is 11.6. The van der Waals surface area contributed by atoms with Crippen molar-refractivity contribution in [1.29, 1.82) is 0 Å². The average molecular weight is 197 g/mol. The molecule has 0 saturated carbocycles. The number of hydrogen-bond acceptors (Lipinski definition) is 2. The second-order valence-electron chi connectivity index (χ2n) is 4.56. The molecule has 0 radical (unpaired) electrons. The number of rotatable bonds is 4. The van der Waals surface area contributed by atoms with E-state index in [1.165, 1.54) is 12.1 Å². The van der Waals surface area contributed by atoms with Gasteiger partial charge in [0.2, 0.25) is 0 Å². The van der Waals surface area contributed by atoms with E-state index in [1.54, 1.807) is 0 Å². The van der Waals surface area contributed by atoms with Gasteiger partial charge in [0.25, 0.3) is 0 Å². The van der Waals surface area contributed by atoms with Gasteiger partial charge >= 0.3 is 0 Å². The largest absolute Gasteiger partial charge is 0.391 e. The molecule has 1 saturated heterocycles. The summed E-state index contributed by atoms with van der Waals surface area (Å²) >= 11 is 0. The van der Waals surface area contributed by atoms with Gasteiger partial charge in [-0.1, -0.05) is 27.4 Å². The van der Waals surface area contributed by atoms with Crippen molar-refractivity contribution in [2.24, 2.45) is 5.92 Å². The molecule has 0 aromatic carbocycles. The summed E-state index contributed by atoms with van der Waals surface area (Å²) in [6.07, 6.45) is 3.08. The molecule has 1 heterocycles. The van der Waals surface area contributed by atoms with Crippen molar-refractivity contribution in [3.05, 3.63) is 12.3 Å². The number of aliphatic hydroxyl groups excluding tert-OH is 1. The van der Waals surface area contributed by atoms with Gasteiger partial charge in [-0.25, -0.2) is 0 Å². The van der Waals surface area contributed by atoms with E-state index >= 15 is 0 Å². The molecule has 0 unspecified atom stereocenters. The molecular weight excluding hydrogens is 174 g/mol. The van der Waals surface area contributed by atoms with Crippen LogP contribution in [-0.4, -0.2) is 28.7 Å². The van der Waals surface area contributed by atoms with Gasteiger partial charge in [0.1, 0.15) is 0 Å². The minimum atomic E-state index is -0.208. The van der Waals surface area contributed by atoms with Gasteiger partial charge in [0.05, 0.1) is 12.1 Å². The molecule has 82 valence electrons. The number of hydrogen-bond donors (Lipinski definition) is 1.